The van der Waals surface area contributed by atoms with E-state index in [0.717, 1.165) is 10.6 Å². The SMILES string of the molecule is CS(=O)(=O)c1ccccc1Cc1ccc(N2CC(=O)NS2(=O)=O)c(O)c1. The molecule has 138 valence electrons. The van der Waals surface area contributed by atoms with Gasteiger partial charge >= 0.3 is 10.2 Å². The Labute approximate surface area is 151 Å². The predicted octanol–water partition coefficient (Wildman–Crippen LogP) is 0.568. The van der Waals surface area contributed by atoms with E-state index >= 15 is 0 Å². The molecule has 0 unspecified atom stereocenters. The number of nitrogens with zero attached hydrogens (tertiary/aromatic N) is 1. The molecule has 1 amide bonds. The Morgan fingerprint density at radius 3 is 2.46 bits per heavy atom. The normalized spacial score (nSPS) is 16.5. The van der Waals surface area contributed by atoms with Crippen LogP contribution in [-0.2, 0) is 31.3 Å². The van der Waals surface area contributed by atoms with Crippen molar-refractivity contribution in [1.29, 1.82) is 0 Å². The topological polar surface area (TPSA) is 121 Å². The first-order valence-corrected chi connectivity index (χ1v) is 10.8. The number of phenols is 1. The molecule has 0 bridgehead atoms. The molecular formula is C16H16N2O6S2. The second-order valence-electron chi connectivity index (χ2n) is 5.92. The van der Waals surface area contributed by atoms with E-state index in [1.54, 1.807) is 24.3 Å². The molecular weight excluding hydrogens is 380 g/mol. The summed E-state index contributed by atoms with van der Waals surface area (Å²) in [5.41, 5.74) is 1.13. The Balaban J connectivity index is 1.94. The average molecular weight is 396 g/mol. The van der Waals surface area contributed by atoms with Gasteiger partial charge in [-0.1, -0.05) is 24.3 Å². The molecule has 0 spiro atoms. The van der Waals surface area contributed by atoms with Crippen LogP contribution in [0.2, 0.25) is 0 Å². The summed E-state index contributed by atoms with van der Waals surface area (Å²) < 4.78 is 50.1. The van der Waals surface area contributed by atoms with Gasteiger partial charge in [0.15, 0.2) is 9.84 Å². The number of phenolic OH excluding ortho intramolecular Hbond substituents is 1. The molecule has 2 aromatic rings. The maximum Gasteiger partial charge on any atom is 0.326 e. The van der Waals surface area contributed by atoms with Gasteiger partial charge in [0, 0.05) is 6.26 Å². The first-order chi connectivity index (χ1) is 12.1. The summed E-state index contributed by atoms with van der Waals surface area (Å²) in [4.78, 5) is 11.5. The minimum atomic E-state index is -4.02. The van der Waals surface area contributed by atoms with Crippen molar-refractivity contribution in [1.82, 2.24) is 4.72 Å². The summed E-state index contributed by atoms with van der Waals surface area (Å²) in [6, 6.07) is 10.8. The summed E-state index contributed by atoms with van der Waals surface area (Å²) in [5.74, 6) is -1.00. The van der Waals surface area contributed by atoms with Crippen molar-refractivity contribution < 1.29 is 26.7 Å². The molecule has 1 fully saturated rings. The van der Waals surface area contributed by atoms with Crippen LogP contribution in [0.1, 0.15) is 11.1 Å². The highest BCUT2D eigenvalue weighted by molar-refractivity contribution is 7.92. The number of rotatable bonds is 4. The van der Waals surface area contributed by atoms with Crippen LogP contribution in [-0.4, -0.2) is 40.6 Å². The second-order valence-corrected chi connectivity index (χ2v) is 9.50. The third kappa shape index (κ3) is 3.51. The first-order valence-electron chi connectivity index (χ1n) is 7.51. The van der Waals surface area contributed by atoms with Gasteiger partial charge in [-0.25, -0.2) is 17.4 Å². The van der Waals surface area contributed by atoms with Crippen LogP contribution in [0.4, 0.5) is 5.69 Å². The van der Waals surface area contributed by atoms with Crippen LogP contribution in [0, 0.1) is 0 Å². The van der Waals surface area contributed by atoms with E-state index in [1.807, 2.05) is 4.72 Å². The molecule has 0 atom stereocenters. The first kappa shape index (κ1) is 18.2. The van der Waals surface area contributed by atoms with E-state index < -0.39 is 32.5 Å². The standard InChI is InChI=1S/C16H16N2O6S2/c1-25(21,22)15-5-3-2-4-12(15)8-11-6-7-13(14(19)9-11)18-10-16(20)17-26(18,23)24/h2-7,9,19H,8,10H2,1H3,(H,17,20). The Morgan fingerprint density at radius 1 is 1.19 bits per heavy atom. The van der Waals surface area contributed by atoms with Gasteiger partial charge in [-0.2, -0.15) is 8.42 Å². The fourth-order valence-electron chi connectivity index (χ4n) is 2.78. The molecule has 10 heteroatoms. The second kappa shape index (κ2) is 6.29. The van der Waals surface area contributed by atoms with Crippen LogP contribution in [0.25, 0.3) is 0 Å². The van der Waals surface area contributed by atoms with Crippen LogP contribution in [0.3, 0.4) is 0 Å². The summed E-state index contributed by atoms with van der Waals surface area (Å²) in [7, 11) is -7.42. The number of sulfone groups is 1. The molecule has 1 aliphatic rings. The van der Waals surface area contributed by atoms with Gasteiger partial charge in [0.05, 0.1) is 10.6 Å². The highest BCUT2D eigenvalue weighted by Gasteiger charge is 2.35. The monoisotopic (exact) mass is 396 g/mol. The van der Waals surface area contributed by atoms with Gasteiger partial charge in [-0.3, -0.25) is 4.79 Å². The van der Waals surface area contributed by atoms with Crippen LogP contribution in [0.5, 0.6) is 5.75 Å². The van der Waals surface area contributed by atoms with E-state index in [-0.39, 0.29) is 22.8 Å². The molecule has 0 aliphatic carbocycles. The molecule has 0 radical (unpaired) electrons. The third-order valence-electron chi connectivity index (χ3n) is 3.90. The van der Waals surface area contributed by atoms with E-state index in [1.165, 1.54) is 18.2 Å². The van der Waals surface area contributed by atoms with E-state index in [9.17, 15) is 26.7 Å². The lowest BCUT2D eigenvalue weighted by atomic mass is 10.0. The van der Waals surface area contributed by atoms with Gasteiger partial charge in [-0.15, -0.1) is 0 Å². The molecule has 2 aromatic carbocycles. The number of amides is 1. The highest BCUT2D eigenvalue weighted by Crippen LogP contribution is 2.32. The Hall–Kier alpha value is -2.59. The Kier molecular flexibility index (Phi) is 4.41. The zero-order valence-corrected chi connectivity index (χ0v) is 15.3. The number of nitrogens with one attached hydrogen (secondary N) is 1. The predicted molar refractivity (Wildman–Crippen MR) is 94.9 cm³/mol. The van der Waals surface area contributed by atoms with Crippen molar-refractivity contribution in [2.75, 3.05) is 17.1 Å². The molecule has 0 saturated carbocycles. The van der Waals surface area contributed by atoms with Crippen molar-refractivity contribution in [2.24, 2.45) is 0 Å². The van der Waals surface area contributed by atoms with Crippen LogP contribution in [0.15, 0.2) is 47.4 Å². The summed E-state index contributed by atoms with van der Waals surface area (Å²) in [6.07, 6.45) is 1.36. The van der Waals surface area contributed by atoms with E-state index in [2.05, 4.69) is 0 Å². The fourth-order valence-corrected chi connectivity index (χ4v) is 4.89. The summed E-state index contributed by atoms with van der Waals surface area (Å²) in [5, 5.41) is 10.2. The minimum absolute atomic E-state index is 0.0245. The van der Waals surface area contributed by atoms with Crippen molar-refractivity contribution in [3.05, 3.63) is 53.6 Å². The van der Waals surface area contributed by atoms with Crippen molar-refractivity contribution in [3.63, 3.8) is 0 Å². The smallest absolute Gasteiger partial charge is 0.326 e. The Morgan fingerprint density at radius 2 is 1.88 bits per heavy atom. The number of benzene rings is 2. The number of aromatic hydroxyl groups is 1. The van der Waals surface area contributed by atoms with Crippen LogP contribution < -0.4 is 9.03 Å². The maximum absolute atomic E-state index is 11.9. The van der Waals surface area contributed by atoms with Gasteiger partial charge < -0.3 is 5.11 Å². The van der Waals surface area contributed by atoms with Crippen LogP contribution >= 0.6 is 0 Å². The van der Waals surface area contributed by atoms with Crippen molar-refractivity contribution in [3.8, 4) is 5.75 Å². The number of hydrogen-bond donors (Lipinski definition) is 2. The molecule has 1 aliphatic heterocycles. The average Bonchev–Trinajstić information content (AvgIpc) is 2.79. The van der Waals surface area contributed by atoms with Gasteiger partial charge in [0.2, 0.25) is 0 Å². The Bertz CT molecular complexity index is 1090. The van der Waals surface area contributed by atoms with E-state index in [4.69, 9.17) is 0 Å². The van der Waals surface area contributed by atoms with Gasteiger partial charge in [0.1, 0.15) is 12.3 Å². The lowest BCUT2D eigenvalue weighted by Crippen LogP contribution is -2.29. The largest absolute Gasteiger partial charge is 0.506 e. The molecule has 0 aromatic heterocycles. The van der Waals surface area contributed by atoms with Crippen molar-refractivity contribution >= 4 is 31.6 Å². The van der Waals surface area contributed by atoms with E-state index in [0.29, 0.717) is 11.1 Å². The number of carbonyl (C=O) groups excluding carboxylic acids is 1. The lowest BCUT2D eigenvalue weighted by Gasteiger charge is -2.17. The lowest BCUT2D eigenvalue weighted by molar-refractivity contribution is -0.117. The maximum atomic E-state index is 11.9. The van der Waals surface area contributed by atoms with Gasteiger partial charge in [-0.05, 0) is 35.7 Å². The highest BCUT2D eigenvalue weighted by atomic mass is 32.2. The van der Waals surface area contributed by atoms with Gasteiger partial charge in [0.25, 0.3) is 5.91 Å². The fraction of sp³-hybridized carbons (Fsp3) is 0.188. The third-order valence-corrected chi connectivity index (χ3v) is 6.48. The molecule has 1 heterocycles. The molecule has 8 nitrogen and oxygen atoms in total. The molecule has 3 rings (SSSR count). The quantitative estimate of drug-likeness (QED) is 0.779. The molecule has 2 N–H and O–H groups in total. The zero-order valence-electron chi connectivity index (χ0n) is 13.7. The molecule has 1 saturated heterocycles. The zero-order chi connectivity index (χ0) is 19.1. The minimum Gasteiger partial charge on any atom is -0.506 e. The number of anilines is 1. The molecule has 26 heavy (non-hydrogen) atoms. The number of carbonyl (C=O) groups is 1. The van der Waals surface area contributed by atoms with Crippen molar-refractivity contribution in [2.45, 2.75) is 11.3 Å². The summed E-state index contributed by atoms with van der Waals surface area (Å²) >= 11 is 0. The number of hydrogen-bond acceptors (Lipinski definition) is 6. The summed E-state index contributed by atoms with van der Waals surface area (Å²) in [6.45, 7) is -0.411.